The van der Waals surface area contributed by atoms with Crippen molar-refractivity contribution in [2.75, 3.05) is 18.5 Å². The molecule has 1 aromatic carbocycles. The predicted octanol–water partition coefficient (Wildman–Crippen LogP) is 3.65. The number of anilines is 1. The molecule has 0 saturated carbocycles. The van der Waals surface area contributed by atoms with E-state index in [2.05, 4.69) is 35.1 Å². The SMILES string of the molecule is CC(C)NCc1ccc(N(C)CC(F)F)cc1Br. The molecule has 0 aliphatic rings. The zero-order valence-corrected chi connectivity index (χ0v) is 12.5. The Bertz CT molecular complexity index is 383. The van der Waals surface area contributed by atoms with E-state index >= 15 is 0 Å². The molecule has 0 spiro atoms. The van der Waals surface area contributed by atoms with E-state index in [9.17, 15) is 8.78 Å². The molecular formula is C13H19BrF2N2. The summed E-state index contributed by atoms with van der Waals surface area (Å²) in [7, 11) is 1.67. The van der Waals surface area contributed by atoms with Gasteiger partial charge in [-0.05, 0) is 17.7 Å². The maximum Gasteiger partial charge on any atom is 0.255 e. The summed E-state index contributed by atoms with van der Waals surface area (Å²) < 4.78 is 25.5. The molecule has 0 atom stereocenters. The van der Waals surface area contributed by atoms with Crippen molar-refractivity contribution in [2.24, 2.45) is 0 Å². The van der Waals surface area contributed by atoms with Gasteiger partial charge in [-0.1, -0.05) is 35.8 Å². The summed E-state index contributed by atoms with van der Waals surface area (Å²) in [6.07, 6.45) is -2.32. The topological polar surface area (TPSA) is 15.3 Å². The van der Waals surface area contributed by atoms with Gasteiger partial charge in [0.05, 0.1) is 6.54 Å². The summed E-state index contributed by atoms with van der Waals surface area (Å²) in [6.45, 7) is 4.67. The number of nitrogens with one attached hydrogen (secondary N) is 1. The molecule has 18 heavy (non-hydrogen) atoms. The fourth-order valence-electron chi connectivity index (χ4n) is 1.54. The molecule has 0 aromatic heterocycles. The van der Waals surface area contributed by atoms with Crippen LogP contribution in [0.1, 0.15) is 19.4 Å². The zero-order chi connectivity index (χ0) is 13.7. The standard InChI is InChI=1S/C13H19BrF2N2/c1-9(2)17-7-10-4-5-11(6-12(10)14)18(3)8-13(15)16/h4-6,9,13,17H,7-8H2,1-3H3. The van der Waals surface area contributed by atoms with Crippen LogP contribution in [0.5, 0.6) is 0 Å². The molecule has 0 radical (unpaired) electrons. The lowest BCUT2D eigenvalue weighted by Gasteiger charge is -2.20. The minimum Gasteiger partial charge on any atom is -0.369 e. The molecule has 1 rings (SSSR count). The first kappa shape index (κ1) is 15.4. The highest BCUT2D eigenvalue weighted by Gasteiger charge is 2.10. The Hall–Kier alpha value is -0.680. The molecule has 0 saturated heterocycles. The Kier molecular flexibility index (Phi) is 6.02. The lowest BCUT2D eigenvalue weighted by atomic mass is 10.2. The first-order chi connectivity index (χ1) is 8.40. The van der Waals surface area contributed by atoms with Crippen LogP contribution in [0.2, 0.25) is 0 Å². The van der Waals surface area contributed by atoms with Gasteiger partial charge in [0, 0.05) is 29.8 Å². The van der Waals surface area contributed by atoms with Crippen LogP contribution in [0.25, 0.3) is 0 Å². The number of hydrogen-bond acceptors (Lipinski definition) is 2. The average Bonchev–Trinajstić information content (AvgIpc) is 2.26. The van der Waals surface area contributed by atoms with Crippen molar-refractivity contribution in [3.63, 3.8) is 0 Å². The Morgan fingerprint density at radius 1 is 1.33 bits per heavy atom. The third kappa shape index (κ3) is 4.90. The Morgan fingerprint density at radius 2 is 2.00 bits per heavy atom. The van der Waals surface area contributed by atoms with Gasteiger partial charge >= 0.3 is 0 Å². The van der Waals surface area contributed by atoms with Crippen molar-refractivity contribution < 1.29 is 8.78 Å². The Balaban J connectivity index is 2.72. The largest absolute Gasteiger partial charge is 0.369 e. The number of benzene rings is 1. The van der Waals surface area contributed by atoms with E-state index in [0.717, 1.165) is 22.3 Å². The van der Waals surface area contributed by atoms with Crippen molar-refractivity contribution in [2.45, 2.75) is 32.9 Å². The van der Waals surface area contributed by atoms with E-state index in [1.54, 1.807) is 11.9 Å². The molecule has 0 heterocycles. The van der Waals surface area contributed by atoms with Crippen LogP contribution in [0.4, 0.5) is 14.5 Å². The summed E-state index contributed by atoms with van der Waals surface area (Å²) in [6, 6.07) is 6.11. The maximum atomic E-state index is 12.3. The fourth-order valence-corrected chi connectivity index (χ4v) is 2.05. The highest BCUT2D eigenvalue weighted by molar-refractivity contribution is 9.10. The zero-order valence-electron chi connectivity index (χ0n) is 10.9. The van der Waals surface area contributed by atoms with Gasteiger partial charge in [0.15, 0.2) is 0 Å². The summed E-state index contributed by atoms with van der Waals surface area (Å²) >= 11 is 3.48. The molecule has 0 bridgehead atoms. The summed E-state index contributed by atoms with van der Waals surface area (Å²) in [5, 5.41) is 3.32. The van der Waals surface area contributed by atoms with E-state index in [1.165, 1.54) is 0 Å². The molecular weight excluding hydrogens is 302 g/mol. The van der Waals surface area contributed by atoms with Gasteiger partial charge in [-0.2, -0.15) is 0 Å². The molecule has 0 aliphatic carbocycles. The highest BCUT2D eigenvalue weighted by Crippen LogP contribution is 2.24. The molecule has 1 aromatic rings. The van der Waals surface area contributed by atoms with Gasteiger partial charge in [0.2, 0.25) is 0 Å². The Labute approximate surface area is 115 Å². The van der Waals surface area contributed by atoms with E-state index in [0.29, 0.717) is 6.04 Å². The first-order valence-corrected chi connectivity index (χ1v) is 6.70. The van der Waals surface area contributed by atoms with E-state index in [-0.39, 0.29) is 6.54 Å². The number of halogens is 3. The van der Waals surface area contributed by atoms with E-state index in [4.69, 9.17) is 0 Å². The van der Waals surface area contributed by atoms with Crippen LogP contribution in [0, 0.1) is 0 Å². The Morgan fingerprint density at radius 3 is 2.50 bits per heavy atom. The molecule has 0 aliphatic heterocycles. The molecule has 0 fully saturated rings. The van der Waals surface area contributed by atoms with Crippen LogP contribution in [-0.2, 0) is 6.54 Å². The smallest absolute Gasteiger partial charge is 0.255 e. The quantitative estimate of drug-likeness (QED) is 0.860. The second-order valence-corrected chi connectivity index (χ2v) is 5.44. The normalized spacial score (nSPS) is 11.3. The lowest BCUT2D eigenvalue weighted by molar-refractivity contribution is 0.156. The van der Waals surface area contributed by atoms with Crippen LogP contribution in [0.15, 0.2) is 22.7 Å². The van der Waals surface area contributed by atoms with Crippen molar-refractivity contribution in [1.29, 1.82) is 0 Å². The fraction of sp³-hybridized carbons (Fsp3) is 0.538. The molecule has 102 valence electrons. The molecule has 0 unspecified atom stereocenters. The van der Waals surface area contributed by atoms with Crippen molar-refractivity contribution >= 4 is 21.6 Å². The predicted molar refractivity (Wildman–Crippen MR) is 75.4 cm³/mol. The monoisotopic (exact) mass is 320 g/mol. The number of hydrogen-bond donors (Lipinski definition) is 1. The number of rotatable bonds is 6. The van der Waals surface area contributed by atoms with Crippen molar-refractivity contribution in [1.82, 2.24) is 5.32 Å². The average molecular weight is 321 g/mol. The third-order valence-corrected chi connectivity index (χ3v) is 3.33. The van der Waals surface area contributed by atoms with Gasteiger partial charge < -0.3 is 10.2 Å². The summed E-state index contributed by atoms with van der Waals surface area (Å²) in [5.74, 6) is 0. The third-order valence-electron chi connectivity index (χ3n) is 2.59. The molecule has 1 N–H and O–H groups in total. The number of alkyl halides is 2. The minimum atomic E-state index is -2.32. The summed E-state index contributed by atoms with van der Waals surface area (Å²) in [4.78, 5) is 1.55. The highest BCUT2D eigenvalue weighted by atomic mass is 79.9. The van der Waals surface area contributed by atoms with E-state index < -0.39 is 6.43 Å². The lowest BCUT2D eigenvalue weighted by Crippen LogP contribution is -2.24. The van der Waals surface area contributed by atoms with Crippen molar-refractivity contribution in [3.8, 4) is 0 Å². The first-order valence-electron chi connectivity index (χ1n) is 5.91. The second-order valence-electron chi connectivity index (χ2n) is 4.58. The van der Waals surface area contributed by atoms with Crippen LogP contribution in [-0.4, -0.2) is 26.1 Å². The summed E-state index contributed by atoms with van der Waals surface area (Å²) in [5.41, 5.74) is 1.91. The van der Waals surface area contributed by atoms with Crippen LogP contribution >= 0.6 is 15.9 Å². The molecule has 0 amide bonds. The maximum absolute atomic E-state index is 12.3. The van der Waals surface area contributed by atoms with Gasteiger partial charge in [-0.3, -0.25) is 0 Å². The van der Waals surface area contributed by atoms with Crippen molar-refractivity contribution in [3.05, 3.63) is 28.2 Å². The molecule has 2 nitrogen and oxygen atoms in total. The van der Waals surface area contributed by atoms with Gasteiger partial charge in [0.1, 0.15) is 0 Å². The van der Waals surface area contributed by atoms with Gasteiger partial charge in [0.25, 0.3) is 6.43 Å². The minimum absolute atomic E-state index is 0.254. The van der Waals surface area contributed by atoms with Gasteiger partial charge in [-0.25, -0.2) is 8.78 Å². The van der Waals surface area contributed by atoms with Crippen LogP contribution < -0.4 is 10.2 Å². The van der Waals surface area contributed by atoms with Gasteiger partial charge in [-0.15, -0.1) is 0 Å². The molecule has 5 heteroatoms. The second kappa shape index (κ2) is 7.04. The van der Waals surface area contributed by atoms with E-state index in [1.807, 2.05) is 18.2 Å². The number of nitrogens with zero attached hydrogens (tertiary/aromatic N) is 1. The van der Waals surface area contributed by atoms with Crippen LogP contribution in [0.3, 0.4) is 0 Å².